The van der Waals surface area contributed by atoms with E-state index in [0.29, 0.717) is 19.3 Å². The van der Waals surface area contributed by atoms with E-state index in [2.05, 4.69) is 43.4 Å². The molecule has 1 rings (SSSR count). The maximum atomic E-state index is 8.59. The van der Waals surface area contributed by atoms with Crippen LogP contribution in [0.1, 0.15) is 31.9 Å². The average molecular weight is 283 g/mol. The Bertz CT molecular complexity index is 329. The summed E-state index contributed by atoms with van der Waals surface area (Å²) in [4.78, 5) is 1.26. The fourth-order valence-electron chi connectivity index (χ4n) is 1.72. The summed E-state index contributed by atoms with van der Waals surface area (Å²) in [5, 5.41) is 12.1. The molecule has 0 radical (unpaired) electrons. The Balaban J connectivity index is 2.30. The standard InChI is InChI=1S/C15H25NO2S/c1-3-8-16-13(2)14-4-6-15(7-5-14)19-12-11-18-10-9-17/h4-7,13,16-17H,3,8-12H2,1-2H3. The zero-order valence-corrected chi connectivity index (χ0v) is 12.7. The average Bonchev–Trinajstić information content (AvgIpc) is 2.45. The maximum absolute atomic E-state index is 8.59. The first-order chi connectivity index (χ1) is 9.27. The van der Waals surface area contributed by atoms with E-state index >= 15 is 0 Å². The van der Waals surface area contributed by atoms with Crippen LogP contribution in [-0.2, 0) is 4.74 Å². The van der Waals surface area contributed by atoms with E-state index in [1.54, 1.807) is 11.8 Å². The van der Waals surface area contributed by atoms with Gasteiger partial charge in [-0.3, -0.25) is 0 Å². The zero-order chi connectivity index (χ0) is 13.9. The molecule has 0 bridgehead atoms. The SMILES string of the molecule is CCCNC(C)c1ccc(SCCOCCO)cc1. The van der Waals surface area contributed by atoms with E-state index in [-0.39, 0.29) is 6.61 Å². The summed E-state index contributed by atoms with van der Waals surface area (Å²) in [6.45, 7) is 6.64. The quantitative estimate of drug-likeness (QED) is 0.512. The van der Waals surface area contributed by atoms with Crippen LogP contribution in [0.25, 0.3) is 0 Å². The van der Waals surface area contributed by atoms with Crippen molar-refractivity contribution in [3.63, 3.8) is 0 Å². The lowest BCUT2D eigenvalue weighted by atomic mass is 10.1. The van der Waals surface area contributed by atoms with Gasteiger partial charge in [0.25, 0.3) is 0 Å². The van der Waals surface area contributed by atoms with E-state index in [1.165, 1.54) is 10.5 Å². The summed E-state index contributed by atoms with van der Waals surface area (Å²) in [5.41, 5.74) is 1.33. The van der Waals surface area contributed by atoms with Gasteiger partial charge in [-0.2, -0.15) is 0 Å². The minimum Gasteiger partial charge on any atom is -0.394 e. The van der Waals surface area contributed by atoms with Crippen LogP contribution in [0.2, 0.25) is 0 Å². The van der Waals surface area contributed by atoms with E-state index < -0.39 is 0 Å². The minimum absolute atomic E-state index is 0.0992. The Morgan fingerprint density at radius 1 is 1.26 bits per heavy atom. The zero-order valence-electron chi connectivity index (χ0n) is 11.9. The number of nitrogens with one attached hydrogen (secondary N) is 1. The van der Waals surface area contributed by atoms with Gasteiger partial charge in [-0.05, 0) is 37.6 Å². The van der Waals surface area contributed by atoms with Crippen LogP contribution in [0.15, 0.2) is 29.2 Å². The van der Waals surface area contributed by atoms with Crippen LogP contribution in [0.3, 0.4) is 0 Å². The third kappa shape index (κ3) is 6.97. The predicted molar refractivity (Wildman–Crippen MR) is 81.8 cm³/mol. The van der Waals surface area contributed by atoms with Gasteiger partial charge < -0.3 is 15.2 Å². The highest BCUT2D eigenvalue weighted by Crippen LogP contribution is 2.20. The van der Waals surface area contributed by atoms with Crippen molar-refractivity contribution in [1.29, 1.82) is 0 Å². The monoisotopic (exact) mass is 283 g/mol. The molecule has 2 N–H and O–H groups in total. The number of thioether (sulfide) groups is 1. The first kappa shape index (κ1) is 16.5. The smallest absolute Gasteiger partial charge is 0.0698 e. The molecule has 1 aromatic carbocycles. The van der Waals surface area contributed by atoms with Gasteiger partial charge in [0.15, 0.2) is 0 Å². The summed E-state index contributed by atoms with van der Waals surface area (Å²) < 4.78 is 5.23. The molecule has 4 heteroatoms. The molecule has 0 saturated carbocycles. The fourth-order valence-corrected chi connectivity index (χ4v) is 2.48. The summed E-state index contributed by atoms with van der Waals surface area (Å²) in [6, 6.07) is 9.10. The molecule has 0 saturated heterocycles. The molecule has 0 aliphatic heterocycles. The van der Waals surface area contributed by atoms with Crippen LogP contribution in [-0.4, -0.2) is 37.2 Å². The van der Waals surface area contributed by atoms with Crippen molar-refractivity contribution in [2.24, 2.45) is 0 Å². The Morgan fingerprint density at radius 3 is 2.63 bits per heavy atom. The Hall–Kier alpha value is -0.550. The van der Waals surface area contributed by atoms with Crippen molar-refractivity contribution in [2.75, 3.05) is 32.1 Å². The van der Waals surface area contributed by atoms with Crippen molar-refractivity contribution in [1.82, 2.24) is 5.32 Å². The summed E-state index contributed by atoms with van der Waals surface area (Å²) in [7, 11) is 0. The third-order valence-electron chi connectivity index (χ3n) is 2.81. The van der Waals surface area contributed by atoms with Crippen molar-refractivity contribution in [3.8, 4) is 0 Å². The second kappa shape index (κ2) is 10.3. The Kier molecular flexibility index (Phi) is 8.91. The Morgan fingerprint density at radius 2 is 2.00 bits per heavy atom. The van der Waals surface area contributed by atoms with Crippen LogP contribution in [0, 0.1) is 0 Å². The molecule has 0 fully saturated rings. The molecule has 0 aliphatic carbocycles. The molecule has 19 heavy (non-hydrogen) atoms. The first-order valence-electron chi connectivity index (χ1n) is 6.92. The summed E-state index contributed by atoms with van der Waals surface area (Å²) in [6.07, 6.45) is 1.16. The van der Waals surface area contributed by atoms with E-state index in [1.807, 2.05) is 0 Å². The van der Waals surface area contributed by atoms with E-state index in [9.17, 15) is 0 Å². The minimum atomic E-state index is 0.0992. The highest BCUT2D eigenvalue weighted by atomic mass is 32.2. The van der Waals surface area contributed by atoms with Crippen molar-refractivity contribution >= 4 is 11.8 Å². The summed E-state index contributed by atoms with van der Waals surface area (Å²) >= 11 is 1.78. The largest absolute Gasteiger partial charge is 0.394 e. The number of hydrogen-bond donors (Lipinski definition) is 2. The third-order valence-corrected chi connectivity index (χ3v) is 3.79. The van der Waals surface area contributed by atoms with Gasteiger partial charge in [-0.1, -0.05) is 19.1 Å². The number of ether oxygens (including phenoxy) is 1. The molecule has 108 valence electrons. The molecular weight excluding hydrogens is 258 g/mol. The molecule has 0 heterocycles. The van der Waals surface area contributed by atoms with E-state index in [4.69, 9.17) is 9.84 Å². The predicted octanol–water partition coefficient (Wildman–Crippen LogP) is 2.85. The van der Waals surface area contributed by atoms with Gasteiger partial charge >= 0.3 is 0 Å². The topological polar surface area (TPSA) is 41.5 Å². The molecule has 1 aromatic rings. The van der Waals surface area contributed by atoms with Crippen LogP contribution in [0.4, 0.5) is 0 Å². The van der Waals surface area contributed by atoms with Crippen LogP contribution >= 0.6 is 11.8 Å². The molecule has 0 spiro atoms. The molecular formula is C15H25NO2S. The number of hydrogen-bond acceptors (Lipinski definition) is 4. The normalized spacial score (nSPS) is 12.6. The lowest BCUT2D eigenvalue weighted by Gasteiger charge is -2.14. The lowest BCUT2D eigenvalue weighted by molar-refractivity contribution is 0.103. The molecule has 3 nitrogen and oxygen atoms in total. The second-order valence-corrected chi connectivity index (χ2v) is 5.60. The van der Waals surface area contributed by atoms with Crippen molar-refractivity contribution in [2.45, 2.75) is 31.2 Å². The number of rotatable bonds is 10. The molecule has 1 atom stereocenters. The molecule has 1 unspecified atom stereocenters. The van der Waals surface area contributed by atoms with Gasteiger partial charge in [0.05, 0.1) is 19.8 Å². The highest BCUT2D eigenvalue weighted by Gasteiger charge is 2.03. The van der Waals surface area contributed by atoms with Gasteiger partial charge in [-0.15, -0.1) is 11.8 Å². The van der Waals surface area contributed by atoms with Crippen molar-refractivity contribution < 1.29 is 9.84 Å². The second-order valence-electron chi connectivity index (χ2n) is 4.43. The maximum Gasteiger partial charge on any atom is 0.0698 e. The number of aliphatic hydroxyl groups is 1. The van der Waals surface area contributed by atoms with Crippen LogP contribution < -0.4 is 5.32 Å². The Labute approximate surface area is 120 Å². The van der Waals surface area contributed by atoms with Crippen LogP contribution in [0.5, 0.6) is 0 Å². The van der Waals surface area contributed by atoms with Gasteiger partial charge in [0, 0.05) is 16.7 Å². The first-order valence-corrected chi connectivity index (χ1v) is 7.91. The number of benzene rings is 1. The van der Waals surface area contributed by atoms with E-state index in [0.717, 1.165) is 18.7 Å². The lowest BCUT2D eigenvalue weighted by Crippen LogP contribution is -2.19. The fraction of sp³-hybridized carbons (Fsp3) is 0.600. The molecule has 0 amide bonds. The molecule has 0 aromatic heterocycles. The van der Waals surface area contributed by atoms with Gasteiger partial charge in [0.1, 0.15) is 0 Å². The molecule has 0 aliphatic rings. The van der Waals surface area contributed by atoms with Gasteiger partial charge in [0.2, 0.25) is 0 Å². The summed E-state index contributed by atoms with van der Waals surface area (Å²) in [5.74, 6) is 0.920. The van der Waals surface area contributed by atoms with Gasteiger partial charge in [-0.25, -0.2) is 0 Å². The number of aliphatic hydroxyl groups excluding tert-OH is 1. The highest BCUT2D eigenvalue weighted by molar-refractivity contribution is 7.99. The van der Waals surface area contributed by atoms with Crippen molar-refractivity contribution in [3.05, 3.63) is 29.8 Å².